The molecule has 0 aromatic heterocycles. The lowest BCUT2D eigenvalue weighted by Crippen LogP contribution is -2.48. The number of ketones is 1. The first-order valence-corrected chi connectivity index (χ1v) is 7.44. The van der Waals surface area contributed by atoms with E-state index in [0.29, 0.717) is 23.7 Å². The maximum Gasteiger partial charge on any atom is 0.269 e. The molecule has 0 fully saturated rings. The van der Waals surface area contributed by atoms with Crippen molar-refractivity contribution in [2.24, 2.45) is 5.92 Å². The number of ether oxygens (including phenoxy) is 1. The number of hydrogen-bond acceptors (Lipinski definition) is 4. The Morgan fingerprint density at radius 3 is 2.64 bits per heavy atom. The van der Waals surface area contributed by atoms with Crippen molar-refractivity contribution >= 4 is 11.7 Å². The number of amides is 1. The first-order chi connectivity index (χ1) is 10.5. The maximum absolute atomic E-state index is 12.3. The lowest BCUT2D eigenvalue weighted by molar-refractivity contribution is -0.116. The molecule has 1 aromatic carbocycles. The third kappa shape index (κ3) is 4.10. The summed E-state index contributed by atoms with van der Waals surface area (Å²) in [7, 11) is 1.58. The summed E-state index contributed by atoms with van der Waals surface area (Å²) >= 11 is 0. The van der Waals surface area contributed by atoms with Gasteiger partial charge in [-0.25, -0.2) is 0 Å². The summed E-state index contributed by atoms with van der Waals surface area (Å²) in [5, 5.41) is 1.74. The van der Waals surface area contributed by atoms with Gasteiger partial charge in [0, 0.05) is 18.2 Å². The average molecular weight is 302 g/mol. The molecule has 0 unspecified atom stereocenters. The van der Waals surface area contributed by atoms with E-state index in [4.69, 9.17) is 4.74 Å². The Morgan fingerprint density at radius 1 is 1.36 bits per heavy atom. The molecule has 5 nitrogen and oxygen atoms in total. The highest BCUT2D eigenvalue weighted by atomic mass is 16.5. The molecule has 2 rings (SSSR count). The van der Waals surface area contributed by atoms with E-state index in [1.807, 2.05) is 0 Å². The number of methoxy groups -OCH3 is 1. The Kier molecular flexibility index (Phi) is 5.20. The van der Waals surface area contributed by atoms with Crippen molar-refractivity contribution in [1.82, 2.24) is 10.4 Å². The van der Waals surface area contributed by atoms with Gasteiger partial charge in [-0.15, -0.1) is 0 Å². The second-order valence-corrected chi connectivity index (χ2v) is 5.85. The van der Waals surface area contributed by atoms with Gasteiger partial charge in [0.15, 0.2) is 5.78 Å². The summed E-state index contributed by atoms with van der Waals surface area (Å²) in [6.07, 6.45) is 4.43. The molecule has 0 aliphatic carbocycles. The highest BCUT2D eigenvalue weighted by Gasteiger charge is 2.25. The fraction of sp³-hybridized carbons (Fsp3) is 0.412. The predicted octanol–water partition coefficient (Wildman–Crippen LogP) is 2.54. The minimum Gasteiger partial charge on any atom is -0.497 e. The predicted molar refractivity (Wildman–Crippen MR) is 84.3 cm³/mol. The highest BCUT2D eigenvalue weighted by Crippen LogP contribution is 2.19. The molecule has 0 spiro atoms. The minimum atomic E-state index is -0.199. The van der Waals surface area contributed by atoms with Crippen molar-refractivity contribution in [3.05, 3.63) is 42.1 Å². The monoisotopic (exact) mass is 302 g/mol. The lowest BCUT2D eigenvalue weighted by atomic mass is 9.97. The molecule has 1 N–H and O–H groups in total. The van der Waals surface area contributed by atoms with E-state index < -0.39 is 0 Å². The quantitative estimate of drug-likeness (QED) is 0.908. The summed E-state index contributed by atoms with van der Waals surface area (Å²) in [5.41, 5.74) is 3.41. The third-order valence-electron chi connectivity index (χ3n) is 3.58. The van der Waals surface area contributed by atoms with Crippen LogP contribution in [0, 0.1) is 5.92 Å². The average Bonchev–Trinajstić information content (AvgIpc) is 2.49. The smallest absolute Gasteiger partial charge is 0.269 e. The maximum atomic E-state index is 12.3. The Hall–Kier alpha value is -2.30. The van der Waals surface area contributed by atoms with Crippen molar-refractivity contribution in [3.8, 4) is 5.75 Å². The van der Waals surface area contributed by atoms with Crippen molar-refractivity contribution in [3.63, 3.8) is 0 Å². The first-order valence-electron chi connectivity index (χ1n) is 7.44. The topological polar surface area (TPSA) is 58.6 Å². The molecule has 1 heterocycles. The van der Waals surface area contributed by atoms with E-state index in [-0.39, 0.29) is 17.7 Å². The summed E-state index contributed by atoms with van der Waals surface area (Å²) in [4.78, 5) is 23.9. The van der Waals surface area contributed by atoms with Gasteiger partial charge in [0.1, 0.15) is 5.75 Å². The first kappa shape index (κ1) is 16.1. The molecule has 118 valence electrons. The fourth-order valence-corrected chi connectivity index (χ4v) is 2.48. The number of rotatable bonds is 5. The molecule has 0 saturated heterocycles. The van der Waals surface area contributed by atoms with Crippen LogP contribution < -0.4 is 10.2 Å². The van der Waals surface area contributed by atoms with Crippen LogP contribution in [-0.4, -0.2) is 29.9 Å². The van der Waals surface area contributed by atoms with Crippen molar-refractivity contribution in [2.45, 2.75) is 32.7 Å². The van der Waals surface area contributed by atoms with Crippen molar-refractivity contribution < 1.29 is 14.3 Å². The van der Waals surface area contributed by atoms with Gasteiger partial charge in [-0.2, -0.15) is 0 Å². The molecule has 1 atom stereocenters. The Morgan fingerprint density at radius 2 is 2.05 bits per heavy atom. The zero-order chi connectivity index (χ0) is 16.1. The lowest BCUT2D eigenvalue weighted by Gasteiger charge is -2.33. The number of benzene rings is 1. The molecular formula is C17H22N2O3. The summed E-state index contributed by atoms with van der Waals surface area (Å²) < 4.78 is 5.08. The van der Waals surface area contributed by atoms with Crippen molar-refractivity contribution in [1.29, 1.82) is 0 Å². The van der Waals surface area contributed by atoms with E-state index in [1.54, 1.807) is 42.6 Å². The van der Waals surface area contributed by atoms with Gasteiger partial charge in [-0.3, -0.25) is 20.0 Å². The molecule has 1 amide bonds. The van der Waals surface area contributed by atoms with Crippen molar-refractivity contribution in [2.75, 3.05) is 7.11 Å². The summed E-state index contributed by atoms with van der Waals surface area (Å²) in [6, 6.07) is 6.92. The number of nitrogens with one attached hydrogen (secondary N) is 1. The minimum absolute atomic E-state index is 0.000279. The van der Waals surface area contributed by atoms with Crippen LogP contribution >= 0.6 is 0 Å². The highest BCUT2D eigenvalue weighted by molar-refractivity contribution is 5.94. The second kappa shape index (κ2) is 7.11. The third-order valence-corrected chi connectivity index (χ3v) is 3.58. The van der Waals surface area contributed by atoms with Gasteiger partial charge in [0.2, 0.25) is 0 Å². The Labute approximate surface area is 130 Å². The Balaban J connectivity index is 2.07. The van der Waals surface area contributed by atoms with E-state index >= 15 is 0 Å². The molecule has 0 bridgehead atoms. The van der Waals surface area contributed by atoms with Crippen LogP contribution in [0.1, 0.15) is 37.0 Å². The number of hydrazine groups is 1. The molecule has 1 aliphatic heterocycles. The molecule has 0 saturated carbocycles. The van der Waals surface area contributed by atoms with Crippen LogP contribution in [0.5, 0.6) is 5.75 Å². The number of hydrogen-bond donors (Lipinski definition) is 1. The number of nitrogens with zero attached hydrogens (tertiary/aromatic N) is 1. The van der Waals surface area contributed by atoms with E-state index in [2.05, 4.69) is 19.3 Å². The normalized spacial score (nSPS) is 17.7. The van der Waals surface area contributed by atoms with E-state index in [9.17, 15) is 9.59 Å². The van der Waals surface area contributed by atoms with Gasteiger partial charge in [-0.1, -0.05) is 13.8 Å². The SMILES string of the molecule is COc1ccc(C(=O)NN2C=CC(=O)C[C@@H]2CC(C)C)cc1. The van der Waals surface area contributed by atoms with Gasteiger partial charge in [0.05, 0.1) is 13.2 Å². The molecule has 1 aromatic rings. The number of allylic oxidation sites excluding steroid dienone is 1. The number of carbonyl (C=O) groups is 2. The van der Waals surface area contributed by atoms with Crippen LogP contribution in [0.3, 0.4) is 0 Å². The van der Waals surface area contributed by atoms with Crippen LogP contribution in [0.15, 0.2) is 36.5 Å². The standard InChI is InChI=1S/C17H22N2O3/c1-12(2)10-14-11-15(20)8-9-19(14)18-17(21)13-4-6-16(22-3)7-5-13/h4-9,12,14H,10-11H2,1-3H3,(H,18,21)/t14-/m0/s1. The fourth-order valence-electron chi connectivity index (χ4n) is 2.48. The van der Waals surface area contributed by atoms with E-state index in [0.717, 1.165) is 6.42 Å². The van der Waals surface area contributed by atoms with Crippen LogP contribution in [0.25, 0.3) is 0 Å². The molecule has 22 heavy (non-hydrogen) atoms. The number of carbonyl (C=O) groups excluding carboxylic acids is 2. The molecule has 1 aliphatic rings. The molecule has 0 radical (unpaired) electrons. The summed E-state index contributed by atoms with van der Waals surface area (Å²) in [6.45, 7) is 4.21. The van der Waals surface area contributed by atoms with Gasteiger partial charge in [0.25, 0.3) is 5.91 Å². The Bertz CT molecular complexity index is 564. The second-order valence-electron chi connectivity index (χ2n) is 5.85. The zero-order valence-corrected chi connectivity index (χ0v) is 13.2. The van der Waals surface area contributed by atoms with Crippen LogP contribution in [-0.2, 0) is 4.79 Å². The van der Waals surface area contributed by atoms with E-state index in [1.165, 1.54) is 6.08 Å². The summed E-state index contributed by atoms with van der Waals surface area (Å²) in [5.74, 6) is 1.05. The van der Waals surface area contributed by atoms with Gasteiger partial charge in [-0.05, 0) is 42.7 Å². The largest absolute Gasteiger partial charge is 0.497 e. The van der Waals surface area contributed by atoms with Crippen LogP contribution in [0.2, 0.25) is 0 Å². The van der Waals surface area contributed by atoms with Gasteiger partial charge >= 0.3 is 0 Å². The van der Waals surface area contributed by atoms with Crippen LogP contribution in [0.4, 0.5) is 0 Å². The zero-order valence-electron chi connectivity index (χ0n) is 13.2. The van der Waals surface area contributed by atoms with Gasteiger partial charge < -0.3 is 4.74 Å². The molecular weight excluding hydrogens is 280 g/mol. The molecule has 5 heteroatoms.